The standard InChI is InChI=1S/C27H40O3Si/c1-23(22-26(28)29)16-10-6-5-7-15-21-30-31(27(2,3)4,24-17-11-8-12-18-24)25-19-13-9-14-20-25/h8-9,11-14,17-20,23H,5-7,10,15-16,21-22H2,1-4H3,(H,28,29). The maximum Gasteiger partial charge on any atom is 0.303 e. The Bertz CT molecular complexity index is 729. The summed E-state index contributed by atoms with van der Waals surface area (Å²) in [6.07, 6.45) is 6.98. The molecule has 0 bridgehead atoms. The molecule has 2 aromatic carbocycles. The van der Waals surface area contributed by atoms with Crippen LogP contribution in [0, 0.1) is 5.92 Å². The molecule has 1 atom stereocenters. The number of aliphatic carboxylic acids is 1. The number of rotatable bonds is 13. The molecule has 0 spiro atoms. The number of carboxylic acid groups (broad SMARTS) is 1. The van der Waals surface area contributed by atoms with Crippen molar-refractivity contribution >= 4 is 24.7 Å². The van der Waals surface area contributed by atoms with Gasteiger partial charge < -0.3 is 9.53 Å². The van der Waals surface area contributed by atoms with Crippen LogP contribution in [-0.4, -0.2) is 26.0 Å². The van der Waals surface area contributed by atoms with Crippen molar-refractivity contribution in [1.82, 2.24) is 0 Å². The minimum absolute atomic E-state index is 0.0238. The first kappa shape index (κ1) is 25.3. The van der Waals surface area contributed by atoms with Crippen LogP contribution in [0.5, 0.6) is 0 Å². The lowest BCUT2D eigenvalue weighted by atomic mass is 9.99. The number of carbonyl (C=O) groups is 1. The predicted molar refractivity (Wildman–Crippen MR) is 133 cm³/mol. The highest BCUT2D eigenvalue weighted by atomic mass is 28.4. The Morgan fingerprint density at radius 2 is 1.35 bits per heavy atom. The molecule has 0 aliphatic heterocycles. The maximum atomic E-state index is 10.8. The third-order valence-corrected chi connectivity index (χ3v) is 11.1. The van der Waals surface area contributed by atoms with Gasteiger partial charge in [-0.15, -0.1) is 0 Å². The van der Waals surface area contributed by atoms with Crippen molar-refractivity contribution in [1.29, 1.82) is 0 Å². The van der Waals surface area contributed by atoms with Crippen LogP contribution >= 0.6 is 0 Å². The first-order valence-corrected chi connectivity index (χ1v) is 13.6. The molecule has 4 heteroatoms. The third-order valence-electron chi connectivity index (χ3n) is 6.10. The molecule has 2 rings (SSSR count). The summed E-state index contributed by atoms with van der Waals surface area (Å²) in [6.45, 7) is 9.76. The fraction of sp³-hybridized carbons (Fsp3) is 0.519. The third kappa shape index (κ3) is 7.32. The first-order chi connectivity index (χ1) is 14.8. The number of hydrogen-bond donors (Lipinski definition) is 1. The Kier molecular flexibility index (Phi) is 9.98. The van der Waals surface area contributed by atoms with E-state index in [0.29, 0.717) is 0 Å². The molecule has 0 aliphatic carbocycles. The van der Waals surface area contributed by atoms with Crippen molar-refractivity contribution in [2.75, 3.05) is 6.61 Å². The minimum atomic E-state index is -2.41. The molecule has 0 aromatic heterocycles. The molecule has 0 saturated carbocycles. The SMILES string of the molecule is CC(CCCCCCCO[Si](c1ccccc1)(c1ccccc1)C(C)(C)C)CC(=O)O. The second kappa shape index (κ2) is 12.2. The predicted octanol–water partition coefficient (Wildman–Crippen LogP) is 6.01. The Morgan fingerprint density at radius 1 is 0.871 bits per heavy atom. The summed E-state index contributed by atoms with van der Waals surface area (Å²) in [7, 11) is -2.41. The van der Waals surface area contributed by atoms with E-state index in [1.54, 1.807) is 0 Å². The van der Waals surface area contributed by atoms with Gasteiger partial charge in [0.1, 0.15) is 0 Å². The lowest BCUT2D eigenvalue weighted by molar-refractivity contribution is -0.138. The van der Waals surface area contributed by atoms with E-state index in [4.69, 9.17) is 9.53 Å². The highest BCUT2D eigenvalue weighted by molar-refractivity contribution is 6.99. The molecule has 1 unspecified atom stereocenters. The molecule has 0 saturated heterocycles. The smallest absolute Gasteiger partial charge is 0.303 e. The second-order valence-corrected chi connectivity index (χ2v) is 14.1. The zero-order valence-electron chi connectivity index (χ0n) is 19.8. The molecule has 0 aliphatic rings. The molecule has 1 N–H and O–H groups in total. The molecule has 3 nitrogen and oxygen atoms in total. The Morgan fingerprint density at radius 3 is 1.84 bits per heavy atom. The van der Waals surface area contributed by atoms with E-state index in [1.807, 2.05) is 6.92 Å². The monoisotopic (exact) mass is 440 g/mol. The van der Waals surface area contributed by atoms with E-state index in [1.165, 1.54) is 23.2 Å². The lowest BCUT2D eigenvalue weighted by Gasteiger charge is -2.43. The van der Waals surface area contributed by atoms with Crippen LogP contribution < -0.4 is 10.4 Å². The average molecular weight is 441 g/mol. The van der Waals surface area contributed by atoms with E-state index < -0.39 is 14.3 Å². The quantitative estimate of drug-likeness (QED) is 0.306. The van der Waals surface area contributed by atoms with Gasteiger partial charge in [0.05, 0.1) is 0 Å². The van der Waals surface area contributed by atoms with Crippen LogP contribution in [0.3, 0.4) is 0 Å². The molecular weight excluding hydrogens is 400 g/mol. The first-order valence-electron chi connectivity index (χ1n) is 11.7. The molecule has 2 aromatic rings. The van der Waals surface area contributed by atoms with Crippen LogP contribution in [0.2, 0.25) is 5.04 Å². The van der Waals surface area contributed by atoms with Gasteiger partial charge in [0, 0.05) is 13.0 Å². The fourth-order valence-corrected chi connectivity index (χ4v) is 9.12. The molecule has 0 radical (unpaired) electrons. The largest absolute Gasteiger partial charge is 0.481 e. The Balaban J connectivity index is 1.95. The highest BCUT2D eigenvalue weighted by Crippen LogP contribution is 2.36. The number of hydrogen-bond acceptors (Lipinski definition) is 2. The molecule has 0 amide bonds. The number of benzene rings is 2. The van der Waals surface area contributed by atoms with Crippen molar-refractivity contribution in [3.05, 3.63) is 60.7 Å². The van der Waals surface area contributed by atoms with Crippen LogP contribution in [0.1, 0.15) is 72.6 Å². The molecule has 0 fully saturated rings. The van der Waals surface area contributed by atoms with Crippen LogP contribution in [0.25, 0.3) is 0 Å². The number of unbranched alkanes of at least 4 members (excludes halogenated alkanes) is 4. The molecule has 170 valence electrons. The highest BCUT2D eigenvalue weighted by Gasteiger charge is 2.49. The molecular formula is C27H40O3Si. The lowest BCUT2D eigenvalue weighted by Crippen LogP contribution is -2.66. The summed E-state index contributed by atoms with van der Waals surface area (Å²) >= 11 is 0. The van der Waals surface area contributed by atoms with Gasteiger partial charge in [-0.1, -0.05) is 120 Å². The zero-order chi connectivity index (χ0) is 22.7. The van der Waals surface area contributed by atoms with Gasteiger partial charge in [-0.3, -0.25) is 4.79 Å². The van der Waals surface area contributed by atoms with E-state index in [-0.39, 0.29) is 17.4 Å². The van der Waals surface area contributed by atoms with Crippen LogP contribution in [0.4, 0.5) is 0 Å². The van der Waals surface area contributed by atoms with Crippen molar-refractivity contribution in [3.8, 4) is 0 Å². The van der Waals surface area contributed by atoms with Gasteiger partial charge in [-0.2, -0.15) is 0 Å². The van der Waals surface area contributed by atoms with Gasteiger partial charge in [0.2, 0.25) is 0 Å². The van der Waals surface area contributed by atoms with E-state index in [9.17, 15) is 4.79 Å². The fourth-order valence-electron chi connectivity index (χ4n) is 4.51. The van der Waals surface area contributed by atoms with Crippen LogP contribution in [0.15, 0.2) is 60.7 Å². The Labute approximate surface area is 190 Å². The average Bonchev–Trinajstić information content (AvgIpc) is 2.72. The van der Waals surface area contributed by atoms with E-state index in [2.05, 4.69) is 81.4 Å². The van der Waals surface area contributed by atoms with Gasteiger partial charge in [0.25, 0.3) is 8.32 Å². The summed E-state index contributed by atoms with van der Waals surface area (Å²) in [5.74, 6) is -0.413. The summed E-state index contributed by atoms with van der Waals surface area (Å²) < 4.78 is 6.93. The van der Waals surface area contributed by atoms with Gasteiger partial charge in [0.15, 0.2) is 0 Å². The summed E-state index contributed by atoms with van der Waals surface area (Å²) in [6, 6.07) is 21.6. The summed E-state index contributed by atoms with van der Waals surface area (Å²) in [4.78, 5) is 10.8. The normalized spacial score (nSPS) is 13.2. The van der Waals surface area contributed by atoms with Crippen molar-refractivity contribution in [3.63, 3.8) is 0 Å². The topological polar surface area (TPSA) is 46.5 Å². The van der Waals surface area contributed by atoms with Crippen molar-refractivity contribution in [2.24, 2.45) is 5.92 Å². The van der Waals surface area contributed by atoms with Gasteiger partial charge in [-0.05, 0) is 27.8 Å². The minimum Gasteiger partial charge on any atom is -0.481 e. The molecule has 0 heterocycles. The summed E-state index contributed by atoms with van der Waals surface area (Å²) in [5, 5.41) is 11.6. The van der Waals surface area contributed by atoms with Crippen LogP contribution in [-0.2, 0) is 9.22 Å². The summed E-state index contributed by atoms with van der Waals surface area (Å²) in [5.41, 5.74) is 0. The molecule has 31 heavy (non-hydrogen) atoms. The van der Waals surface area contributed by atoms with E-state index in [0.717, 1.165) is 32.3 Å². The van der Waals surface area contributed by atoms with E-state index >= 15 is 0 Å². The van der Waals surface area contributed by atoms with Crippen molar-refractivity contribution in [2.45, 2.75) is 77.7 Å². The number of carboxylic acids is 1. The Hall–Kier alpha value is -1.91. The van der Waals surface area contributed by atoms with Gasteiger partial charge >= 0.3 is 5.97 Å². The zero-order valence-corrected chi connectivity index (χ0v) is 20.8. The second-order valence-electron chi connectivity index (χ2n) is 9.77. The maximum absolute atomic E-state index is 10.8. The van der Waals surface area contributed by atoms with Crippen molar-refractivity contribution < 1.29 is 14.3 Å². The van der Waals surface area contributed by atoms with Gasteiger partial charge in [-0.25, -0.2) is 0 Å².